The number of aryl methyl sites for hydroxylation is 1. The van der Waals surface area contributed by atoms with Gasteiger partial charge in [0.1, 0.15) is 0 Å². The van der Waals surface area contributed by atoms with Crippen LogP contribution in [0.15, 0.2) is 23.7 Å². The minimum Gasteiger partial charge on any atom is -0.481 e. The lowest BCUT2D eigenvalue weighted by Crippen LogP contribution is -2.35. The summed E-state index contributed by atoms with van der Waals surface area (Å²) in [6.07, 6.45) is 3.50. The first-order chi connectivity index (χ1) is 11.7. The number of amides is 1. The zero-order valence-electron chi connectivity index (χ0n) is 14.1. The molecule has 0 bridgehead atoms. The van der Waals surface area contributed by atoms with Gasteiger partial charge in [-0.15, -0.1) is 11.3 Å². The molecule has 1 fully saturated rings. The Morgan fingerprint density at radius 3 is 2.96 bits per heavy atom. The molecule has 0 spiro atoms. The Hall–Kier alpha value is -2.15. The van der Waals surface area contributed by atoms with Crippen molar-refractivity contribution in [1.82, 2.24) is 14.9 Å². The van der Waals surface area contributed by atoms with E-state index in [2.05, 4.69) is 21.8 Å². The highest BCUT2D eigenvalue weighted by Gasteiger charge is 2.23. The second kappa shape index (κ2) is 7.61. The molecule has 0 aliphatic carbocycles. The number of carbonyl (C=O) groups excluding carboxylic acids is 1. The third kappa shape index (κ3) is 3.51. The average molecular weight is 346 g/mol. The van der Waals surface area contributed by atoms with Gasteiger partial charge in [0.05, 0.1) is 12.0 Å². The van der Waals surface area contributed by atoms with Crippen molar-refractivity contribution in [3.8, 4) is 5.88 Å². The molecule has 2 aromatic heterocycles. The molecule has 128 valence electrons. The maximum atomic E-state index is 12.8. The van der Waals surface area contributed by atoms with E-state index in [1.807, 2.05) is 16.3 Å². The number of aromatic nitrogens is 2. The predicted octanol–water partition coefficient (Wildman–Crippen LogP) is 2.46. The number of hydrogen-bond acceptors (Lipinski definition) is 6. The summed E-state index contributed by atoms with van der Waals surface area (Å²) in [4.78, 5) is 26.5. The highest BCUT2D eigenvalue weighted by molar-refractivity contribution is 7.12. The van der Waals surface area contributed by atoms with Crippen molar-refractivity contribution in [2.75, 3.05) is 38.2 Å². The molecule has 3 rings (SSSR count). The lowest BCUT2D eigenvalue weighted by molar-refractivity contribution is 0.0771. The number of anilines is 1. The largest absolute Gasteiger partial charge is 0.481 e. The van der Waals surface area contributed by atoms with Gasteiger partial charge in [0.2, 0.25) is 11.8 Å². The minimum absolute atomic E-state index is 0.148. The molecule has 1 amide bonds. The first-order valence-corrected chi connectivity index (χ1v) is 9.08. The Kier molecular flexibility index (Phi) is 5.30. The number of carbonyl (C=O) groups is 1. The van der Waals surface area contributed by atoms with Gasteiger partial charge in [-0.05, 0) is 29.9 Å². The summed E-state index contributed by atoms with van der Waals surface area (Å²) in [6.45, 7) is 5.09. The monoisotopic (exact) mass is 346 g/mol. The molecule has 0 atom stereocenters. The number of ether oxygens (including phenoxy) is 1. The Balaban J connectivity index is 1.69. The van der Waals surface area contributed by atoms with E-state index in [4.69, 9.17) is 4.74 Å². The van der Waals surface area contributed by atoms with Crippen molar-refractivity contribution in [2.24, 2.45) is 0 Å². The van der Waals surface area contributed by atoms with E-state index < -0.39 is 0 Å². The minimum atomic E-state index is 0.148. The van der Waals surface area contributed by atoms with Crippen molar-refractivity contribution in [1.29, 1.82) is 0 Å². The van der Waals surface area contributed by atoms with Crippen LogP contribution in [0.5, 0.6) is 5.88 Å². The van der Waals surface area contributed by atoms with E-state index >= 15 is 0 Å². The first-order valence-electron chi connectivity index (χ1n) is 8.20. The summed E-state index contributed by atoms with van der Waals surface area (Å²) >= 11 is 1.54. The fourth-order valence-corrected chi connectivity index (χ4v) is 3.83. The average Bonchev–Trinajstić information content (AvgIpc) is 2.97. The first kappa shape index (κ1) is 16.7. The van der Waals surface area contributed by atoms with Crippen LogP contribution in [-0.4, -0.2) is 54.1 Å². The molecule has 3 heterocycles. The Morgan fingerprint density at radius 2 is 2.17 bits per heavy atom. The second-order valence-corrected chi connectivity index (χ2v) is 6.58. The number of rotatable bonds is 4. The van der Waals surface area contributed by atoms with Crippen LogP contribution >= 0.6 is 11.3 Å². The SMILES string of the molecule is CCc1ccsc1C(=O)N1CCCN(c2nccc(OC)n2)CC1. The lowest BCUT2D eigenvalue weighted by Gasteiger charge is -2.22. The molecular weight excluding hydrogens is 324 g/mol. The summed E-state index contributed by atoms with van der Waals surface area (Å²) in [6, 6.07) is 3.78. The summed E-state index contributed by atoms with van der Waals surface area (Å²) < 4.78 is 5.17. The molecule has 2 aromatic rings. The van der Waals surface area contributed by atoms with Gasteiger partial charge in [-0.25, -0.2) is 4.98 Å². The molecule has 1 aliphatic heterocycles. The second-order valence-electron chi connectivity index (χ2n) is 5.66. The highest BCUT2D eigenvalue weighted by atomic mass is 32.1. The Bertz CT molecular complexity index is 703. The lowest BCUT2D eigenvalue weighted by atomic mass is 10.2. The van der Waals surface area contributed by atoms with E-state index in [1.54, 1.807) is 19.4 Å². The van der Waals surface area contributed by atoms with Crippen LogP contribution < -0.4 is 9.64 Å². The van der Waals surface area contributed by atoms with Gasteiger partial charge in [-0.2, -0.15) is 4.98 Å². The van der Waals surface area contributed by atoms with E-state index in [-0.39, 0.29) is 5.91 Å². The number of hydrogen-bond donors (Lipinski definition) is 0. The topological polar surface area (TPSA) is 58.6 Å². The summed E-state index contributed by atoms with van der Waals surface area (Å²) in [5.74, 6) is 1.37. The highest BCUT2D eigenvalue weighted by Crippen LogP contribution is 2.21. The van der Waals surface area contributed by atoms with Crippen molar-refractivity contribution in [3.05, 3.63) is 34.2 Å². The summed E-state index contributed by atoms with van der Waals surface area (Å²) in [5, 5.41) is 2.00. The Morgan fingerprint density at radius 1 is 1.29 bits per heavy atom. The number of methoxy groups -OCH3 is 1. The van der Waals surface area contributed by atoms with Crippen LogP contribution in [0.1, 0.15) is 28.6 Å². The van der Waals surface area contributed by atoms with Crippen molar-refractivity contribution in [3.63, 3.8) is 0 Å². The molecule has 0 N–H and O–H groups in total. The van der Waals surface area contributed by atoms with Gasteiger partial charge in [0, 0.05) is 38.4 Å². The number of nitrogens with zero attached hydrogens (tertiary/aromatic N) is 4. The molecular formula is C17H22N4O2S. The molecule has 0 aromatic carbocycles. The van der Waals surface area contributed by atoms with E-state index in [1.165, 1.54) is 11.3 Å². The van der Waals surface area contributed by atoms with Crippen LogP contribution in [-0.2, 0) is 6.42 Å². The molecule has 1 saturated heterocycles. The standard InChI is InChI=1S/C17H22N4O2S/c1-3-13-6-12-24-15(13)16(22)20-8-4-9-21(11-10-20)17-18-7-5-14(19-17)23-2/h5-7,12H,3-4,8-11H2,1-2H3. The molecule has 1 aliphatic rings. The zero-order valence-corrected chi connectivity index (χ0v) is 14.9. The van der Waals surface area contributed by atoms with Crippen LogP contribution in [0.25, 0.3) is 0 Å². The third-order valence-corrected chi connectivity index (χ3v) is 5.16. The van der Waals surface area contributed by atoms with Crippen molar-refractivity contribution >= 4 is 23.2 Å². The maximum Gasteiger partial charge on any atom is 0.264 e. The van der Waals surface area contributed by atoms with E-state index in [0.29, 0.717) is 18.4 Å². The molecule has 6 nitrogen and oxygen atoms in total. The summed E-state index contributed by atoms with van der Waals surface area (Å²) in [7, 11) is 1.60. The fourth-order valence-electron chi connectivity index (χ4n) is 2.86. The van der Waals surface area contributed by atoms with E-state index in [0.717, 1.165) is 42.9 Å². The van der Waals surface area contributed by atoms with Gasteiger partial charge in [-0.3, -0.25) is 4.79 Å². The molecule has 0 saturated carbocycles. The fraction of sp³-hybridized carbons (Fsp3) is 0.471. The molecule has 7 heteroatoms. The quantitative estimate of drug-likeness (QED) is 0.851. The van der Waals surface area contributed by atoms with Crippen LogP contribution in [0, 0.1) is 0 Å². The van der Waals surface area contributed by atoms with E-state index in [9.17, 15) is 4.79 Å². The smallest absolute Gasteiger partial charge is 0.264 e. The third-order valence-electron chi connectivity index (χ3n) is 4.21. The molecule has 0 unspecified atom stereocenters. The van der Waals surface area contributed by atoms with Crippen LogP contribution in [0.3, 0.4) is 0 Å². The van der Waals surface area contributed by atoms with Gasteiger partial charge >= 0.3 is 0 Å². The van der Waals surface area contributed by atoms with Gasteiger partial charge in [0.15, 0.2) is 0 Å². The number of thiophene rings is 1. The van der Waals surface area contributed by atoms with Gasteiger partial charge < -0.3 is 14.5 Å². The zero-order chi connectivity index (χ0) is 16.9. The summed E-state index contributed by atoms with van der Waals surface area (Å²) in [5.41, 5.74) is 1.14. The molecule has 0 radical (unpaired) electrons. The van der Waals surface area contributed by atoms with Crippen molar-refractivity contribution in [2.45, 2.75) is 19.8 Å². The molecule has 24 heavy (non-hydrogen) atoms. The van der Waals surface area contributed by atoms with Crippen LogP contribution in [0.4, 0.5) is 5.95 Å². The van der Waals surface area contributed by atoms with Crippen molar-refractivity contribution < 1.29 is 9.53 Å². The predicted molar refractivity (Wildman–Crippen MR) is 95.0 cm³/mol. The Labute approximate surface area is 146 Å². The van der Waals surface area contributed by atoms with Crippen LogP contribution in [0.2, 0.25) is 0 Å². The maximum absolute atomic E-state index is 12.8. The van der Waals surface area contributed by atoms with Gasteiger partial charge in [-0.1, -0.05) is 6.92 Å². The normalized spacial score (nSPS) is 15.2. The van der Waals surface area contributed by atoms with Gasteiger partial charge in [0.25, 0.3) is 5.91 Å².